The summed E-state index contributed by atoms with van der Waals surface area (Å²) in [5, 5.41) is 14.9. The molecule has 0 spiro atoms. The van der Waals surface area contributed by atoms with E-state index in [1.54, 1.807) is 13.0 Å². The second-order valence-electron chi connectivity index (χ2n) is 5.49. The summed E-state index contributed by atoms with van der Waals surface area (Å²) < 4.78 is 39.7. The van der Waals surface area contributed by atoms with Crippen LogP contribution in [0.1, 0.15) is 24.2 Å². The van der Waals surface area contributed by atoms with Gasteiger partial charge in [-0.15, -0.1) is 0 Å². The van der Waals surface area contributed by atoms with Crippen LogP contribution in [0.5, 0.6) is 0 Å². The van der Waals surface area contributed by atoms with E-state index in [4.69, 9.17) is 0 Å². The van der Waals surface area contributed by atoms with Crippen LogP contribution in [0.4, 0.5) is 23.7 Å². The molecule has 0 aliphatic rings. The topological polar surface area (TPSA) is 61.4 Å². The summed E-state index contributed by atoms with van der Waals surface area (Å²) in [5.74, 6) is -2.71. The first-order valence-corrected chi connectivity index (χ1v) is 7.24. The second kappa shape index (κ2) is 7.35. The van der Waals surface area contributed by atoms with Crippen molar-refractivity contribution < 1.29 is 23.1 Å². The van der Waals surface area contributed by atoms with E-state index in [1.807, 2.05) is 0 Å². The van der Waals surface area contributed by atoms with E-state index < -0.39 is 35.6 Å². The first-order valence-electron chi connectivity index (χ1n) is 7.24. The molecule has 0 aliphatic carbocycles. The van der Waals surface area contributed by atoms with Crippen molar-refractivity contribution in [3.05, 3.63) is 65.0 Å². The Balaban J connectivity index is 2.02. The van der Waals surface area contributed by atoms with Gasteiger partial charge >= 0.3 is 6.03 Å². The zero-order valence-electron chi connectivity index (χ0n) is 13.1. The number of benzene rings is 2. The molecule has 0 aliphatic heterocycles. The largest absolute Gasteiger partial charge is 0.386 e. The van der Waals surface area contributed by atoms with E-state index >= 15 is 0 Å². The molecule has 7 heteroatoms. The molecule has 4 nitrogen and oxygen atoms in total. The Labute approximate surface area is 137 Å². The molecule has 0 saturated heterocycles. The van der Waals surface area contributed by atoms with E-state index in [1.165, 1.54) is 25.1 Å². The number of halogens is 3. The molecule has 2 unspecified atom stereocenters. The smallest absolute Gasteiger partial charge is 0.319 e. The lowest BCUT2D eigenvalue weighted by Crippen LogP contribution is -2.40. The predicted molar refractivity (Wildman–Crippen MR) is 84.1 cm³/mol. The van der Waals surface area contributed by atoms with Gasteiger partial charge in [0.15, 0.2) is 11.6 Å². The zero-order valence-corrected chi connectivity index (χ0v) is 13.1. The number of nitrogens with one attached hydrogen (secondary N) is 2. The highest BCUT2D eigenvalue weighted by Gasteiger charge is 2.20. The first-order chi connectivity index (χ1) is 11.3. The number of rotatable bonds is 4. The van der Waals surface area contributed by atoms with Crippen molar-refractivity contribution in [1.29, 1.82) is 0 Å². The Morgan fingerprint density at radius 3 is 2.38 bits per heavy atom. The van der Waals surface area contributed by atoms with Crippen LogP contribution in [0.25, 0.3) is 0 Å². The Hall–Kier alpha value is -2.54. The SMILES string of the molecule is Cc1ccc(F)c(NC(=O)NC(C)C(O)c2ccc(F)c(F)c2)c1. The van der Waals surface area contributed by atoms with Gasteiger partial charge in [-0.3, -0.25) is 0 Å². The van der Waals surface area contributed by atoms with Gasteiger partial charge < -0.3 is 15.7 Å². The maximum absolute atomic E-state index is 13.6. The molecular weight excluding hydrogens is 321 g/mol. The summed E-state index contributed by atoms with van der Waals surface area (Å²) in [4.78, 5) is 11.9. The summed E-state index contributed by atoms with van der Waals surface area (Å²) in [7, 11) is 0. The molecule has 0 fully saturated rings. The summed E-state index contributed by atoms with van der Waals surface area (Å²) in [6.45, 7) is 3.23. The quantitative estimate of drug-likeness (QED) is 0.797. The predicted octanol–water partition coefficient (Wildman–Crippen LogP) is 3.66. The summed E-state index contributed by atoms with van der Waals surface area (Å²) >= 11 is 0. The minimum Gasteiger partial charge on any atom is -0.386 e. The van der Waals surface area contributed by atoms with Gasteiger partial charge in [-0.25, -0.2) is 18.0 Å². The average Bonchev–Trinajstić information content (AvgIpc) is 2.52. The van der Waals surface area contributed by atoms with Crippen molar-refractivity contribution >= 4 is 11.7 Å². The molecule has 2 aromatic carbocycles. The normalized spacial score (nSPS) is 13.2. The maximum Gasteiger partial charge on any atom is 0.319 e. The zero-order chi connectivity index (χ0) is 17.9. The van der Waals surface area contributed by atoms with Crippen LogP contribution >= 0.6 is 0 Å². The van der Waals surface area contributed by atoms with Crippen LogP contribution in [0, 0.1) is 24.4 Å². The number of hydrogen-bond donors (Lipinski definition) is 3. The van der Waals surface area contributed by atoms with Gasteiger partial charge in [0, 0.05) is 0 Å². The van der Waals surface area contributed by atoms with Crippen molar-refractivity contribution in [3.63, 3.8) is 0 Å². The number of hydrogen-bond acceptors (Lipinski definition) is 2. The van der Waals surface area contributed by atoms with Crippen LogP contribution in [-0.4, -0.2) is 17.2 Å². The number of urea groups is 1. The molecule has 24 heavy (non-hydrogen) atoms. The van der Waals surface area contributed by atoms with E-state index in [0.717, 1.165) is 17.7 Å². The van der Waals surface area contributed by atoms with Gasteiger partial charge in [-0.1, -0.05) is 12.1 Å². The summed E-state index contributed by atoms with van der Waals surface area (Å²) in [6.07, 6.45) is -1.26. The van der Waals surface area contributed by atoms with Gasteiger partial charge in [-0.2, -0.15) is 0 Å². The van der Waals surface area contributed by atoms with Crippen molar-refractivity contribution in [2.45, 2.75) is 26.0 Å². The molecule has 2 rings (SSSR count). The lowest BCUT2D eigenvalue weighted by molar-refractivity contribution is 0.138. The highest BCUT2D eigenvalue weighted by Crippen LogP contribution is 2.20. The van der Waals surface area contributed by atoms with Gasteiger partial charge in [-0.05, 0) is 49.2 Å². The Bertz CT molecular complexity index is 753. The fourth-order valence-electron chi connectivity index (χ4n) is 2.16. The van der Waals surface area contributed by atoms with Crippen molar-refractivity contribution in [2.24, 2.45) is 0 Å². The fraction of sp³-hybridized carbons (Fsp3) is 0.235. The number of anilines is 1. The molecule has 2 aromatic rings. The van der Waals surface area contributed by atoms with Crippen LogP contribution in [0.3, 0.4) is 0 Å². The molecule has 0 radical (unpaired) electrons. The molecule has 2 atom stereocenters. The molecule has 0 bridgehead atoms. The van der Waals surface area contributed by atoms with Crippen LogP contribution in [0.15, 0.2) is 36.4 Å². The Kier molecular flexibility index (Phi) is 5.46. The molecule has 2 amide bonds. The maximum atomic E-state index is 13.6. The molecule has 128 valence electrons. The number of aliphatic hydroxyl groups is 1. The van der Waals surface area contributed by atoms with Crippen molar-refractivity contribution in [2.75, 3.05) is 5.32 Å². The molecule has 0 aromatic heterocycles. The van der Waals surface area contributed by atoms with Crippen LogP contribution < -0.4 is 10.6 Å². The van der Waals surface area contributed by atoms with Gasteiger partial charge in [0.05, 0.1) is 17.8 Å². The molecule has 0 saturated carbocycles. The number of aryl methyl sites for hydroxylation is 1. The number of carbonyl (C=O) groups excluding carboxylic acids is 1. The van der Waals surface area contributed by atoms with Gasteiger partial charge in [0.2, 0.25) is 0 Å². The summed E-state index contributed by atoms with van der Waals surface area (Å²) in [5.41, 5.74) is 0.882. The molecule has 0 heterocycles. The fourth-order valence-corrected chi connectivity index (χ4v) is 2.16. The van der Waals surface area contributed by atoms with E-state index in [9.17, 15) is 23.1 Å². The summed E-state index contributed by atoms with van der Waals surface area (Å²) in [6, 6.07) is 5.68. The van der Waals surface area contributed by atoms with Gasteiger partial charge in [0.1, 0.15) is 5.82 Å². The monoisotopic (exact) mass is 338 g/mol. The van der Waals surface area contributed by atoms with Crippen molar-refractivity contribution in [3.8, 4) is 0 Å². The van der Waals surface area contributed by atoms with E-state index in [0.29, 0.717) is 0 Å². The average molecular weight is 338 g/mol. The van der Waals surface area contributed by atoms with Gasteiger partial charge in [0.25, 0.3) is 0 Å². The van der Waals surface area contributed by atoms with E-state index in [2.05, 4.69) is 10.6 Å². The first kappa shape index (κ1) is 17.8. The molecular formula is C17H17F3N2O2. The lowest BCUT2D eigenvalue weighted by atomic mass is 10.0. The minimum absolute atomic E-state index is 0.00187. The lowest BCUT2D eigenvalue weighted by Gasteiger charge is -2.21. The second-order valence-corrected chi connectivity index (χ2v) is 5.49. The van der Waals surface area contributed by atoms with Crippen LogP contribution in [0.2, 0.25) is 0 Å². The highest BCUT2D eigenvalue weighted by molar-refractivity contribution is 5.89. The third kappa shape index (κ3) is 4.26. The number of carbonyl (C=O) groups is 1. The number of aliphatic hydroxyl groups excluding tert-OH is 1. The highest BCUT2D eigenvalue weighted by atomic mass is 19.2. The third-order valence-corrected chi connectivity index (χ3v) is 3.49. The number of amides is 2. The van der Waals surface area contributed by atoms with Crippen LogP contribution in [-0.2, 0) is 0 Å². The third-order valence-electron chi connectivity index (χ3n) is 3.49. The minimum atomic E-state index is -1.26. The van der Waals surface area contributed by atoms with E-state index in [-0.39, 0.29) is 11.3 Å². The molecule has 3 N–H and O–H groups in total. The Morgan fingerprint density at radius 2 is 1.71 bits per heavy atom. The standard InChI is InChI=1S/C17H17F3N2O2/c1-9-3-5-13(19)15(7-9)22-17(24)21-10(2)16(23)11-4-6-12(18)14(20)8-11/h3-8,10,16,23H,1-2H3,(H2,21,22,24). The Morgan fingerprint density at radius 1 is 1.04 bits per heavy atom. The van der Waals surface area contributed by atoms with Crippen molar-refractivity contribution in [1.82, 2.24) is 5.32 Å².